The molecule has 24 heavy (non-hydrogen) atoms. The van der Waals surface area contributed by atoms with Crippen LogP contribution in [0.25, 0.3) is 0 Å². The molecule has 0 radical (unpaired) electrons. The summed E-state index contributed by atoms with van der Waals surface area (Å²) in [7, 11) is 0. The molecular weight excluding hydrogens is 324 g/mol. The van der Waals surface area contributed by atoms with Crippen molar-refractivity contribution in [2.24, 2.45) is 10.2 Å². The lowest BCUT2D eigenvalue weighted by Crippen LogP contribution is -2.02. The van der Waals surface area contributed by atoms with Gasteiger partial charge in [-0.3, -0.25) is 0 Å². The molecule has 0 atom stereocenters. The van der Waals surface area contributed by atoms with Gasteiger partial charge >= 0.3 is 12.3 Å². The first kappa shape index (κ1) is 16.5. The van der Waals surface area contributed by atoms with Crippen molar-refractivity contribution in [2.75, 3.05) is 0 Å². The van der Waals surface area contributed by atoms with E-state index in [9.17, 15) is 19.8 Å². The van der Waals surface area contributed by atoms with Crippen LogP contribution in [-0.2, 0) is 0 Å². The Morgan fingerprint density at radius 1 is 0.750 bits per heavy atom. The molecule has 0 saturated carbocycles. The molecule has 0 aliphatic rings. The second-order valence-electron chi connectivity index (χ2n) is 4.24. The monoisotopic (exact) mass is 334 g/mol. The molecular formula is C14H10N2O8. The van der Waals surface area contributed by atoms with Crippen LogP contribution in [0.1, 0.15) is 0 Å². The molecule has 2 aromatic rings. The minimum absolute atomic E-state index is 0.190. The number of hydrogen-bond acceptors (Lipinski definition) is 8. The van der Waals surface area contributed by atoms with Gasteiger partial charge in [0.15, 0.2) is 23.0 Å². The van der Waals surface area contributed by atoms with Crippen LogP contribution in [0.15, 0.2) is 46.6 Å². The molecule has 10 nitrogen and oxygen atoms in total. The zero-order valence-electron chi connectivity index (χ0n) is 11.8. The van der Waals surface area contributed by atoms with Gasteiger partial charge in [0.05, 0.1) is 11.4 Å². The predicted molar refractivity (Wildman–Crippen MR) is 77.7 cm³/mol. The lowest BCUT2D eigenvalue weighted by molar-refractivity contribution is 0.141. The Hall–Kier alpha value is -3.82. The standard InChI is InChI=1S/C14H10N2O8/c17-9-5-7(1-3-11(9)23-13(19)20)15-16-8-2-4-12(10(18)6-8)24-14(21)22/h1-6,17-18H,(H,19,20)(H,21,22). The summed E-state index contributed by atoms with van der Waals surface area (Å²) in [5.74, 6) is -1.40. The van der Waals surface area contributed by atoms with E-state index in [1.54, 1.807) is 0 Å². The van der Waals surface area contributed by atoms with Gasteiger partial charge < -0.3 is 29.9 Å². The van der Waals surface area contributed by atoms with E-state index < -0.39 is 23.8 Å². The largest absolute Gasteiger partial charge is 0.511 e. The highest BCUT2D eigenvalue weighted by Crippen LogP contribution is 2.33. The van der Waals surface area contributed by atoms with E-state index in [0.717, 1.165) is 12.1 Å². The first-order valence-corrected chi connectivity index (χ1v) is 6.24. The van der Waals surface area contributed by atoms with Gasteiger partial charge in [-0.25, -0.2) is 9.59 Å². The Kier molecular flexibility index (Phi) is 4.80. The van der Waals surface area contributed by atoms with Crippen molar-refractivity contribution in [3.05, 3.63) is 36.4 Å². The molecule has 2 aromatic carbocycles. The van der Waals surface area contributed by atoms with E-state index in [1.807, 2.05) is 0 Å². The average molecular weight is 334 g/mol. The van der Waals surface area contributed by atoms with Crippen LogP contribution >= 0.6 is 0 Å². The van der Waals surface area contributed by atoms with E-state index >= 15 is 0 Å². The van der Waals surface area contributed by atoms with E-state index in [2.05, 4.69) is 19.7 Å². The number of phenolic OH excluding ortho intramolecular Hbond substituents is 2. The molecule has 0 unspecified atom stereocenters. The van der Waals surface area contributed by atoms with Crippen molar-refractivity contribution in [3.63, 3.8) is 0 Å². The summed E-state index contributed by atoms with van der Waals surface area (Å²) in [5, 5.41) is 43.7. The lowest BCUT2D eigenvalue weighted by Gasteiger charge is -2.04. The molecule has 10 heteroatoms. The normalized spacial score (nSPS) is 10.5. The van der Waals surface area contributed by atoms with Crippen molar-refractivity contribution in [1.82, 2.24) is 0 Å². The smallest absolute Gasteiger partial charge is 0.504 e. The quantitative estimate of drug-likeness (QED) is 0.375. The Labute approximate surface area is 133 Å². The lowest BCUT2D eigenvalue weighted by atomic mass is 10.3. The van der Waals surface area contributed by atoms with Gasteiger partial charge in [-0.2, -0.15) is 10.2 Å². The number of phenols is 2. The summed E-state index contributed by atoms with van der Waals surface area (Å²) in [6.07, 6.45) is -3.14. The number of carboxylic acid groups (broad SMARTS) is 2. The molecule has 0 aromatic heterocycles. The van der Waals surface area contributed by atoms with Crippen molar-refractivity contribution >= 4 is 23.7 Å². The van der Waals surface area contributed by atoms with Crippen molar-refractivity contribution in [2.45, 2.75) is 0 Å². The third-order valence-corrected chi connectivity index (χ3v) is 2.56. The number of rotatable bonds is 4. The number of azo groups is 1. The van der Waals surface area contributed by atoms with Gasteiger partial charge in [-0.15, -0.1) is 0 Å². The predicted octanol–water partition coefficient (Wildman–Crippen LogP) is 3.63. The van der Waals surface area contributed by atoms with Gasteiger partial charge in [0, 0.05) is 12.1 Å². The molecule has 0 heterocycles. The van der Waals surface area contributed by atoms with Gasteiger partial charge in [0.25, 0.3) is 0 Å². The summed E-state index contributed by atoms with van der Waals surface area (Å²) in [6.45, 7) is 0. The first-order chi connectivity index (χ1) is 11.3. The fourth-order valence-electron chi connectivity index (χ4n) is 1.61. The van der Waals surface area contributed by atoms with E-state index in [-0.39, 0.29) is 22.9 Å². The number of aromatic hydroxyl groups is 2. The fraction of sp³-hybridized carbons (Fsp3) is 0. The van der Waals surface area contributed by atoms with Crippen molar-refractivity contribution < 1.29 is 39.5 Å². The molecule has 0 spiro atoms. The Morgan fingerprint density at radius 3 is 1.42 bits per heavy atom. The second kappa shape index (κ2) is 6.96. The molecule has 0 fully saturated rings. The van der Waals surface area contributed by atoms with Crippen molar-refractivity contribution in [1.29, 1.82) is 0 Å². The molecule has 0 amide bonds. The third kappa shape index (κ3) is 4.34. The van der Waals surface area contributed by atoms with Crippen LogP contribution in [-0.4, -0.2) is 32.7 Å². The van der Waals surface area contributed by atoms with Gasteiger partial charge in [0.1, 0.15) is 0 Å². The zero-order valence-corrected chi connectivity index (χ0v) is 11.8. The Bertz CT molecular complexity index is 751. The number of nitrogens with zero attached hydrogens (tertiary/aromatic N) is 2. The second-order valence-corrected chi connectivity index (χ2v) is 4.24. The number of ether oxygens (including phenoxy) is 2. The van der Waals surface area contributed by atoms with Crippen LogP contribution < -0.4 is 9.47 Å². The van der Waals surface area contributed by atoms with Crippen LogP contribution in [0.2, 0.25) is 0 Å². The third-order valence-electron chi connectivity index (χ3n) is 2.56. The Morgan fingerprint density at radius 2 is 1.12 bits per heavy atom. The minimum Gasteiger partial charge on any atom is -0.504 e. The maximum absolute atomic E-state index is 10.4. The van der Waals surface area contributed by atoms with Gasteiger partial charge in [0.2, 0.25) is 0 Å². The SMILES string of the molecule is O=C(O)Oc1ccc(N=Nc2ccc(OC(=O)O)c(O)c2)cc1O. The number of benzene rings is 2. The van der Waals surface area contributed by atoms with Crippen molar-refractivity contribution in [3.8, 4) is 23.0 Å². The van der Waals surface area contributed by atoms with Crippen LogP contribution in [0.3, 0.4) is 0 Å². The minimum atomic E-state index is -1.57. The highest BCUT2D eigenvalue weighted by Gasteiger charge is 2.09. The van der Waals surface area contributed by atoms with E-state index in [4.69, 9.17) is 10.2 Å². The maximum atomic E-state index is 10.4. The van der Waals surface area contributed by atoms with Crippen LogP contribution in [0.4, 0.5) is 21.0 Å². The summed E-state index contributed by atoms with van der Waals surface area (Å²) >= 11 is 0. The highest BCUT2D eigenvalue weighted by atomic mass is 16.7. The van der Waals surface area contributed by atoms with E-state index in [0.29, 0.717) is 0 Å². The molecule has 0 bridgehead atoms. The molecule has 4 N–H and O–H groups in total. The van der Waals surface area contributed by atoms with Crippen LogP contribution in [0.5, 0.6) is 23.0 Å². The molecule has 0 aliphatic carbocycles. The van der Waals surface area contributed by atoms with Gasteiger partial charge in [-0.1, -0.05) is 0 Å². The van der Waals surface area contributed by atoms with E-state index in [1.165, 1.54) is 24.3 Å². The molecule has 0 saturated heterocycles. The number of hydrogen-bond donors (Lipinski definition) is 4. The molecule has 124 valence electrons. The summed E-state index contributed by atoms with van der Waals surface area (Å²) < 4.78 is 8.65. The maximum Gasteiger partial charge on any atom is 0.511 e. The first-order valence-electron chi connectivity index (χ1n) is 6.24. The zero-order chi connectivity index (χ0) is 17.7. The van der Waals surface area contributed by atoms with Crippen LogP contribution in [0, 0.1) is 0 Å². The molecule has 2 rings (SSSR count). The van der Waals surface area contributed by atoms with Gasteiger partial charge in [-0.05, 0) is 24.3 Å². The topological polar surface area (TPSA) is 158 Å². The fourth-order valence-corrected chi connectivity index (χ4v) is 1.61. The summed E-state index contributed by atoms with van der Waals surface area (Å²) in [4.78, 5) is 20.8. The number of carbonyl (C=O) groups is 2. The Balaban J connectivity index is 2.16. The average Bonchev–Trinajstić information content (AvgIpc) is 2.49. The summed E-state index contributed by atoms with van der Waals surface area (Å²) in [6, 6.07) is 7.34. The highest BCUT2D eigenvalue weighted by molar-refractivity contribution is 5.65. The molecule has 0 aliphatic heterocycles. The summed E-state index contributed by atoms with van der Waals surface area (Å²) in [5.41, 5.74) is 0.381.